The van der Waals surface area contributed by atoms with Crippen LogP contribution in [0.1, 0.15) is 41.7 Å². The first kappa shape index (κ1) is 19.8. The summed E-state index contributed by atoms with van der Waals surface area (Å²) in [6, 6.07) is 6.20. The molecule has 0 N–H and O–H groups in total. The second-order valence-electron chi connectivity index (χ2n) is 7.10. The summed E-state index contributed by atoms with van der Waals surface area (Å²) in [6.07, 6.45) is 2.68. The van der Waals surface area contributed by atoms with Gasteiger partial charge in [0.15, 0.2) is 0 Å². The van der Waals surface area contributed by atoms with Gasteiger partial charge >= 0.3 is 0 Å². The van der Waals surface area contributed by atoms with Gasteiger partial charge in [-0.05, 0) is 43.9 Å². The van der Waals surface area contributed by atoms with Crippen molar-refractivity contribution in [2.24, 2.45) is 0 Å². The number of halogens is 1. The predicted molar refractivity (Wildman–Crippen MR) is 99.6 cm³/mol. The maximum Gasteiger partial charge on any atom is 0.276 e. The molecule has 2 aromatic rings. The lowest BCUT2D eigenvalue weighted by molar-refractivity contribution is -0.117. The van der Waals surface area contributed by atoms with Crippen molar-refractivity contribution in [1.82, 2.24) is 4.31 Å². The summed E-state index contributed by atoms with van der Waals surface area (Å²) in [5.41, 5.74) is 1.66. The zero-order chi connectivity index (χ0) is 19.6. The van der Waals surface area contributed by atoms with E-state index >= 15 is 0 Å². The van der Waals surface area contributed by atoms with Gasteiger partial charge in [-0.2, -0.15) is 4.31 Å². The average Bonchev–Trinajstić information content (AvgIpc) is 2.99. The molecule has 0 bridgehead atoms. The van der Waals surface area contributed by atoms with E-state index in [0.717, 1.165) is 24.8 Å². The number of piperidine rings is 1. The molecule has 1 aromatic heterocycles. The van der Waals surface area contributed by atoms with Crippen molar-refractivity contribution in [1.29, 1.82) is 0 Å². The number of hydrogen-bond donors (Lipinski definition) is 0. The van der Waals surface area contributed by atoms with Crippen LogP contribution in [0.25, 0.3) is 0 Å². The Morgan fingerprint density at radius 2 is 1.74 bits per heavy atom. The van der Waals surface area contributed by atoms with E-state index in [1.807, 2.05) is 0 Å². The SMILES string of the molecule is Cc1ccc(CC(=O)Cc2cc(S(=O)(=O)N3CCCCC3)oc2C)c(F)c1. The molecule has 27 heavy (non-hydrogen) atoms. The number of benzene rings is 1. The van der Waals surface area contributed by atoms with Crippen LogP contribution >= 0.6 is 0 Å². The maximum absolute atomic E-state index is 13.9. The van der Waals surface area contributed by atoms with Crippen molar-refractivity contribution in [3.8, 4) is 0 Å². The highest BCUT2D eigenvalue weighted by atomic mass is 32.2. The standard InChI is InChI=1S/C20H24FNO4S/c1-14-6-7-16(19(21)10-14)11-18(23)12-17-13-20(26-15(17)2)27(24,25)22-8-4-3-5-9-22/h6-7,10,13H,3-5,8-9,11-12H2,1-2H3. The van der Waals surface area contributed by atoms with Gasteiger partial charge < -0.3 is 4.42 Å². The van der Waals surface area contributed by atoms with Crippen LogP contribution in [0.2, 0.25) is 0 Å². The van der Waals surface area contributed by atoms with Crippen molar-refractivity contribution < 1.29 is 22.0 Å². The van der Waals surface area contributed by atoms with Gasteiger partial charge in [0, 0.05) is 37.6 Å². The van der Waals surface area contributed by atoms with Crippen molar-refractivity contribution in [3.05, 3.63) is 52.5 Å². The lowest BCUT2D eigenvalue weighted by Gasteiger charge is -2.24. The number of nitrogens with zero attached hydrogens (tertiary/aromatic N) is 1. The number of carbonyl (C=O) groups excluding carboxylic acids is 1. The zero-order valence-corrected chi connectivity index (χ0v) is 16.4. The number of ketones is 1. The Bertz CT molecular complexity index is 943. The first-order valence-electron chi connectivity index (χ1n) is 9.13. The van der Waals surface area contributed by atoms with Crippen molar-refractivity contribution >= 4 is 15.8 Å². The van der Waals surface area contributed by atoms with E-state index < -0.39 is 15.8 Å². The summed E-state index contributed by atoms with van der Waals surface area (Å²) in [7, 11) is -3.67. The van der Waals surface area contributed by atoms with Crippen LogP contribution in [0.4, 0.5) is 4.39 Å². The molecular formula is C20H24FNO4S. The van der Waals surface area contributed by atoms with Crippen LogP contribution in [0.5, 0.6) is 0 Å². The van der Waals surface area contributed by atoms with Gasteiger partial charge in [-0.3, -0.25) is 4.79 Å². The lowest BCUT2D eigenvalue weighted by Crippen LogP contribution is -2.35. The van der Waals surface area contributed by atoms with Gasteiger partial charge in [0.25, 0.3) is 10.0 Å². The van der Waals surface area contributed by atoms with Gasteiger partial charge in [-0.1, -0.05) is 18.6 Å². The fourth-order valence-electron chi connectivity index (χ4n) is 3.31. The van der Waals surface area contributed by atoms with Crippen LogP contribution in [0, 0.1) is 19.7 Å². The molecule has 1 aromatic carbocycles. The zero-order valence-electron chi connectivity index (χ0n) is 15.6. The third-order valence-corrected chi connectivity index (χ3v) is 6.65. The van der Waals surface area contributed by atoms with E-state index in [0.29, 0.717) is 30.0 Å². The van der Waals surface area contributed by atoms with E-state index in [2.05, 4.69) is 0 Å². The Balaban J connectivity index is 1.73. The molecule has 3 rings (SSSR count). The largest absolute Gasteiger partial charge is 0.448 e. The molecule has 0 atom stereocenters. The minimum atomic E-state index is -3.67. The number of carbonyl (C=O) groups is 1. The number of furan rings is 1. The Labute approximate surface area is 159 Å². The maximum atomic E-state index is 13.9. The number of Topliss-reactive ketones (excluding diaryl/α,β-unsaturated/α-hetero) is 1. The third-order valence-electron chi connectivity index (χ3n) is 4.89. The van der Waals surface area contributed by atoms with Gasteiger partial charge in [0.05, 0.1) is 0 Å². The molecule has 1 fully saturated rings. The quantitative estimate of drug-likeness (QED) is 0.753. The predicted octanol–water partition coefficient (Wildman–Crippen LogP) is 3.56. The number of hydrogen-bond acceptors (Lipinski definition) is 4. The van der Waals surface area contributed by atoms with Gasteiger partial charge in [0.2, 0.25) is 5.09 Å². The van der Waals surface area contributed by atoms with Crippen LogP contribution in [-0.4, -0.2) is 31.6 Å². The molecule has 0 aliphatic carbocycles. The Kier molecular flexibility index (Phi) is 5.81. The monoisotopic (exact) mass is 393 g/mol. The summed E-state index contributed by atoms with van der Waals surface area (Å²) in [6.45, 7) is 4.41. The minimum Gasteiger partial charge on any atom is -0.448 e. The molecule has 1 aliphatic heterocycles. The summed E-state index contributed by atoms with van der Waals surface area (Å²) in [5.74, 6) is -0.187. The van der Waals surface area contributed by atoms with Crippen LogP contribution in [0.3, 0.4) is 0 Å². The van der Waals surface area contributed by atoms with Gasteiger partial charge in [-0.25, -0.2) is 12.8 Å². The summed E-state index contributed by atoms with van der Waals surface area (Å²) < 4.78 is 46.2. The summed E-state index contributed by atoms with van der Waals surface area (Å²) in [5, 5.41) is -0.119. The molecule has 5 nitrogen and oxygen atoms in total. The molecule has 1 saturated heterocycles. The van der Waals surface area contributed by atoms with E-state index in [9.17, 15) is 17.6 Å². The van der Waals surface area contributed by atoms with Crippen LogP contribution in [0.15, 0.2) is 33.8 Å². The number of rotatable bonds is 6. The van der Waals surface area contributed by atoms with Crippen molar-refractivity contribution in [3.63, 3.8) is 0 Å². The highest BCUT2D eigenvalue weighted by Crippen LogP contribution is 2.25. The van der Waals surface area contributed by atoms with Crippen LogP contribution < -0.4 is 0 Å². The topological polar surface area (TPSA) is 67.6 Å². The first-order chi connectivity index (χ1) is 12.8. The average molecular weight is 393 g/mol. The molecule has 7 heteroatoms. The third kappa shape index (κ3) is 4.47. The molecule has 1 aliphatic rings. The van der Waals surface area contributed by atoms with E-state index in [4.69, 9.17) is 4.42 Å². The Hall–Kier alpha value is -1.99. The molecule has 146 valence electrons. The molecule has 0 spiro atoms. The normalized spacial score (nSPS) is 15.8. The fraction of sp³-hybridized carbons (Fsp3) is 0.450. The summed E-state index contributed by atoms with van der Waals surface area (Å²) >= 11 is 0. The van der Waals surface area contributed by atoms with E-state index in [-0.39, 0.29) is 23.7 Å². The highest BCUT2D eigenvalue weighted by molar-refractivity contribution is 7.89. The molecule has 2 heterocycles. The second-order valence-corrected chi connectivity index (χ2v) is 8.97. The van der Waals surface area contributed by atoms with Crippen molar-refractivity contribution in [2.75, 3.05) is 13.1 Å². The molecular weight excluding hydrogens is 369 g/mol. The molecule has 0 unspecified atom stereocenters. The van der Waals surface area contributed by atoms with Crippen LogP contribution in [-0.2, 0) is 27.7 Å². The second kappa shape index (κ2) is 7.94. The molecule has 0 radical (unpaired) electrons. The fourth-order valence-corrected chi connectivity index (χ4v) is 4.82. The van der Waals surface area contributed by atoms with Crippen molar-refractivity contribution in [2.45, 2.75) is 51.0 Å². The first-order valence-corrected chi connectivity index (χ1v) is 10.6. The van der Waals surface area contributed by atoms with E-state index in [1.54, 1.807) is 26.0 Å². The molecule has 0 amide bonds. The lowest BCUT2D eigenvalue weighted by atomic mass is 10.0. The summed E-state index contributed by atoms with van der Waals surface area (Å²) in [4.78, 5) is 12.4. The Morgan fingerprint density at radius 3 is 2.41 bits per heavy atom. The Morgan fingerprint density at radius 1 is 1.07 bits per heavy atom. The highest BCUT2D eigenvalue weighted by Gasteiger charge is 2.30. The van der Waals surface area contributed by atoms with E-state index in [1.165, 1.54) is 16.4 Å². The van der Waals surface area contributed by atoms with Gasteiger partial charge in [0.1, 0.15) is 17.4 Å². The van der Waals surface area contributed by atoms with Gasteiger partial charge in [-0.15, -0.1) is 0 Å². The number of sulfonamides is 1. The smallest absolute Gasteiger partial charge is 0.276 e. The minimum absolute atomic E-state index is 0.0121. The molecule has 0 saturated carbocycles. The number of aryl methyl sites for hydroxylation is 2.